The first-order chi connectivity index (χ1) is 14.4. The van der Waals surface area contributed by atoms with E-state index in [0.29, 0.717) is 23.7 Å². The van der Waals surface area contributed by atoms with Gasteiger partial charge in [0.1, 0.15) is 0 Å². The van der Waals surface area contributed by atoms with Crippen LogP contribution in [-0.4, -0.2) is 52.9 Å². The Labute approximate surface area is 189 Å². The number of thiocarbonyl (C=S) groups is 1. The molecular weight excluding hydrogens is 436 g/mol. The second kappa shape index (κ2) is 10.3. The smallest absolute Gasteiger partial charge is 0.267 e. The summed E-state index contributed by atoms with van der Waals surface area (Å²) in [5, 5.41) is 9.43. The van der Waals surface area contributed by atoms with Gasteiger partial charge in [0.2, 0.25) is 0 Å². The molecule has 3 heterocycles. The monoisotopic (exact) mass is 458 g/mol. The maximum Gasteiger partial charge on any atom is 0.267 e. The molecule has 0 unspecified atom stereocenters. The topological polar surface area (TPSA) is 64.7 Å². The molecule has 1 aliphatic rings. The van der Waals surface area contributed by atoms with E-state index >= 15 is 0 Å². The highest BCUT2D eigenvalue weighted by Crippen LogP contribution is 2.16. The Morgan fingerprint density at radius 2 is 1.53 bits per heavy atom. The highest BCUT2D eigenvalue weighted by molar-refractivity contribution is 7.80. The quantitative estimate of drug-likeness (QED) is 0.513. The van der Waals surface area contributed by atoms with Crippen molar-refractivity contribution >= 4 is 51.8 Å². The third-order valence-corrected chi connectivity index (χ3v) is 6.36. The van der Waals surface area contributed by atoms with Gasteiger partial charge in [0.05, 0.1) is 9.75 Å². The SMILES string of the molecule is C=C(/C=C\C(=C)N1CCN(C(=O)c2cccs2)CC1)NC(=S)NC(=O)c1cccs1. The molecule has 0 saturated carbocycles. The third-order valence-electron chi connectivity index (χ3n) is 4.43. The Hall–Kier alpha value is -2.75. The first-order valence-corrected chi connectivity index (χ1v) is 11.4. The zero-order valence-corrected chi connectivity index (χ0v) is 18.7. The molecule has 6 nitrogen and oxygen atoms in total. The van der Waals surface area contributed by atoms with Gasteiger partial charge in [0, 0.05) is 37.6 Å². The molecule has 2 amide bonds. The summed E-state index contributed by atoms with van der Waals surface area (Å²) in [6.07, 6.45) is 3.60. The minimum atomic E-state index is -0.251. The maximum absolute atomic E-state index is 12.4. The number of piperazine rings is 1. The molecule has 0 atom stereocenters. The van der Waals surface area contributed by atoms with Crippen LogP contribution in [0, 0.1) is 0 Å². The fourth-order valence-corrected chi connectivity index (χ4v) is 4.38. The summed E-state index contributed by atoms with van der Waals surface area (Å²) in [5.74, 6) is -0.167. The van der Waals surface area contributed by atoms with E-state index in [1.165, 1.54) is 22.7 Å². The lowest BCUT2D eigenvalue weighted by atomic mass is 10.2. The first kappa shape index (κ1) is 21.9. The van der Waals surface area contributed by atoms with Crippen LogP contribution in [0.1, 0.15) is 19.3 Å². The minimum Gasteiger partial charge on any atom is -0.368 e. The van der Waals surface area contributed by atoms with Crippen LogP contribution in [0.2, 0.25) is 0 Å². The Bertz CT molecular complexity index is 957. The molecule has 3 rings (SSSR count). The third kappa shape index (κ3) is 5.88. The van der Waals surface area contributed by atoms with E-state index in [-0.39, 0.29) is 16.9 Å². The van der Waals surface area contributed by atoms with Crippen LogP contribution in [0.4, 0.5) is 0 Å². The summed E-state index contributed by atoms with van der Waals surface area (Å²) in [5.41, 5.74) is 1.37. The summed E-state index contributed by atoms with van der Waals surface area (Å²) in [6.45, 7) is 10.7. The number of thiophene rings is 2. The molecule has 0 spiro atoms. The maximum atomic E-state index is 12.4. The van der Waals surface area contributed by atoms with Gasteiger partial charge < -0.3 is 15.1 Å². The van der Waals surface area contributed by atoms with Crippen LogP contribution in [0.25, 0.3) is 0 Å². The van der Waals surface area contributed by atoms with Crippen molar-refractivity contribution in [2.45, 2.75) is 0 Å². The summed E-state index contributed by atoms with van der Waals surface area (Å²) in [4.78, 5) is 29.8. The summed E-state index contributed by atoms with van der Waals surface area (Å²) in [6, 6.07) is 7.28. The molecule has 2 N–H and O–H groups in total. The highest BCUT2D eigenvalue weighted by Gasteiger charge is 2.22. The number of rotatable bonds is 6. The van der Waals surface area contributed by atoms with E-state index in [0.717, 1.165) is 23.7 Å². The van der Waals surface area contributed by atoms with Gasteiger partial charge in [-0.3, -0.25) is 14.9 Å². The van der Waals surface area contributed by atoms with Crippen LogP contribution in [0.5, 0.6) is 0 Å². The van der Waals surface area contributed by atoms with E-state index in [2.05, 4.69) is 28.7 Å². The van der Waals surface area contributed by atoms with Gasteiger partial charge in [0.25, 0.3) is 11.8 Å². The van der Waals surface area contributed by atoms with Crippen LogP contribution in [0.15, 0.2) is 71.7 Å². The van der Waals surface area contributed by atoms with Gasteiger partial charge in [-0.2, -0.15) is 0 Å². The number of hydrogen-bond acceptors (Lipinski definition) is 6. The van der Waals surface area contributed by atoms with Gasteiger partial charge in [0.15, 0.2) is 5.11 Å². The van der Waals surface area contributed by atoms with Crippen LogP contribution >= 0.6 is 34.9 Å². The fraction of sp³-hybridized carbons (Fsp3) is 0.190. The van der Waals surface area contributed by atoms with Gasteiger partial charge in [-0.25, -0.2) is 0 Å². The Balaban J connectivity index is 1.42. The fourth-order valence-electron chi connectivity index (χ4n) is 2.85. The Kier molecular flexibility index (Phi) is 7.56. The lowest BCUT2D eigenvalue weighted by Crippen LogP contribution is -2.47. The van der Waals surface area contributed by atoms with E-state index in [4.69, 9.17) is 12.2 Å². The second-order valence-electron chi connectivity index (χ2n) is 6.49. The van der Waals surface area contributed by atoms with Crippen molar-refractivity contribution in [1.29, 1.82) is 0 Å². The number of allylic oxidation sites excluding steroid dienone is 2. The number of nitrogens with zero attached hydrogens (tertiary/aromatic N) is 2. The minimum absolute atomic E-state index is 0.0847. The molecule has 2 aromatic heterocycles. The normalized spacial score (nSPS) is 13.9. The standard InChI is InChI=1S/C21H22N4O2S3/c1-15(22-21(28)23-19(26)17-5-3-13-29-17)7-8-16(2)24-9-11-25(12-10-24)20(27)18-6-4-14-30-18/h3-8,13-14H,1-2,9-12H2,(H2,22,23,26,28)/b8-7-. The van der Waals surface area contributed by atoms with E-state index in [1.807, 2.05) is 33.9 Å². The van der Waals surface area contributed by atoms with Gasteiger partial charge in [-0.15, -0.1) is 22.7 Å². The average Bonchev–Trinajstić information content (AvgIpc) is 3.45. The lowest BCUT2D eigenvalue weighted by Gasteiger charge is -2.36. The molecule has 156 valence electrons. The van der Waals surface area contributed by atoms with Crippen molar-refractivity contribution in [3.63, 3.8) is 0 Å². The molecule has 9 heteroatoms. The molecule has 0 aliphatic carbocycles. The van der Waals surface area contributed by atoms with E-state index in [9.17, 15) is 9.59 Å². The van der Waals surface area contributed by atoms with Crippen molar-refractivity contribution in [2.24, 2.45) is 0 Å². The second-order valence-corrected chi connectivity index (χ2v) is 8.80. The number of nitrogens with one attached hydrogen (secondary N) is 2. The number of carbonyl (C=O) groups is 2. The zero-order valence-electron chi connectivity index (χ0n) is 16.3. The van der Waals surface area contributed by atoms with Crippen LogP contribution < -0.4 is 10.6 Å². The molecule has 0 radical (unpaired) electrons. The Morgan fingerprint density at radius 3 is 2.13 bits per heavy atom. The van der Waals surface area contributed by atoms with Crippen molar-refractivity contribution in [3.05, 3.63) is 81.5 Å². The van der Waals surface area contributed by atoms with Gasteiger partial charge in [-0.05, 0) is 47.3 Å². The molecule has 1 fully saturated rings. The molecule has 1 saturated heterocycles. The van der Waals surface area contributed by atoms with Crippen LogP contribution in [0.3, 0.4) is 0 Å². The van der Waals surface area contributed by atoms with E-state index < -0.39 is 0 Å². The predicted molar refractivity (Wildman–Crippen MR) is 127 cm³/mol. The molecule has 2 aromatic rings. The predicted octanol–water partition coefficient (Wildman–Crippen LogP) is 3.46. The van der Waals surface area contributed by atoms with Gasteiger partial charge >= 0.3 is 0 Å². The van der Waals surface area contributed by atoms with Crippen molar-refractivity contribution < 1.29 is 9.59 Å². The molecule has 1 aliphatic heterocycles. The molecular formula is C21H22N4O2S3. The van der Waals surface area contributed by atoms with E-state index in [1.54, 1.807) is 18.2 Å². The molecule has 0 aromatic carbocycles. The lowest BCUT2D eigenvalue weighted by molar-refractivity contribution is 0.0677. The summed E-state index contributed by atoms with van der Waals surface area (Å²) in [7, 11) is 0. The highest BCUT2D eigenvalue weighted by atomic mass is 32.1. The van der Waals surface area contributed by atoms with Crippen molar-refractivity contribution in [3.8, 4) is 0 Å². The number of carbonyl (C=O) groups excluding carboxylic acids is 2. The molecule has 0 bridgehead atoms. The molecule has 30 heavy (non-hydrogen) atoms. The summed E-state index contributed by atoms with van der Waals surface area (Å²) >= 11 is 7.96. The Morgan fingerprint density at radius 1 is 0.933 bits per heavy atom. The number of hydrogen-bond donors (Lipinski definition) is 2. The first-order valence-electron chi connectivity index (χ1n) is 9.23. The van der Waals surface area contributed by atoms with Crippen molar-refractivity contribution in [2.75, 3.05) is 26.2 Å². The average molecular weight is 459 g/mol. The van der Waals surface area contributed by atoms with Crippen LogP contribution in [-0.2, 0) is 0 Å². The largest absolute Gasteiger partial charge is 0.368 e. The summed E-state index contributed by atoms with van der Waals surface area (Å²) < 4.78 is 0. The zero-order chi connectivity index (χ0) is 21.5. The number of amides is 2. The van der Waals surface area contributed by atoms with Crippen molar-refractivity contribution in [1.82, 2.24) is 20.4 Å². The van der Waals surface area contributed by atoms with Gasteiger partial charge in [-0.1, -0.05) is 25.3 Å².